The molecule has 0 spiro atoms. The van der Waals surface area contributed by atoms with Crippen LogP contribution in [0.15, 0.2) is 30.5 Å². The highest BCUT2D eigenvalue weighted by molar-refractivity contribution is 5.99. The van der Waals surface area contributed by atoms with E-state index in [1.807, 2.05) is 12.1 Å². The molecular weight excluding hydrogens is 402 g/mol. The zero-order valence-corrected chi connectivity index (χ0v) is 19.3. The van der Waals surface area contributed by atoms with Gasteiger partial charge in [0.05, 0.1) is 13.2 Å². The Morgan fingerprint density at radius 3 is 2.75 bits per heavy atom. The highest BCUT2D eigenvalue weighted by atomic mass is 16.5. The summed E-state index contributed by atoms with van der Waals surface area (Å²) in [6.07, 6.45) is 7.72. The van der Waals surface area contributed by atoms with Crippen LogP contribution in [0.2, 0.25) is 0 Å². The van der Waals surface area contributed by atoms with Gasteiger partial charge >= 0.3 is 0 Å². The van der Waals surface area contributed by atoms with Crippen LogP contribution in [0.1, 0.15) is 48.0 Å². The van der Waals surface area contributed by atoms with Gasteiger partial charge in [0.1, 0.15) is 11.4 Å². The molecule has 0 atom stereocenters. The molecule has 0 radical (unpaired) electrons. The van der Waals surface area contributed by atoms with Crippen LogP contribution in [-0.2, 0) is 4.74 Å². The number of morpholine rings is 1. The molecule has 1 N–H and O–H groups in total. The topological polar surface area (TPSA) is 70.6 Å². The average Bonchev–Trinajstić information content (AvgIpc) is 2.84. The van der Waals surface area contributed by atoms with Crippen molar-refractivity contribution in [2.75, 3.05) is 51.3 Å². The molecule has 1 aliphatic heterocycles. The number of nitrogens with zero attached hydrogens (tertiary/aromatic N) is 4. The number of carbonyl (C=O) groups is 1. The van der Waals surface area contributed by atoms with E-state index < -0.39 is 0 Å². The molecule has 1 aromatic carbocycles. The van der Waals surface area contributed by atoms with E-state index in [2.05, 4.69) is 46.2 Å². The van der Waals surface area contributed by atoms with Crippen molar-refractivity contribution in [1.29, 1.82) is 0 Å². The summed E-state index contributed by atoms with van der Waals surface area (Å²) < 4.78 is 5.40. The Labute approximate surface area is 191 Å². The molecule has 0 bridgehead atoms. The van der Waals surface area contributed by atoms with E-state index in [1.165, 1.54) is 24.8 Å². The summed E-state index contributed by atoms with van der Waals surface area (Å²) >= 11 is 0. The molecule has 172 valence electrons. The van der Waals surface area contributed by atoms with Gasteiger partial charge in [0.2, 0.25) is 0 Å². The van der Waals surface area contributed by atoms with Gasteiger partial charge in [0, 0.05) is 51.0 Å². The lowest BCUT2D eigenvalue weighted by Gasteiger charge is -2.33. The van der Waals surface area contributed by atoms with E-state index >= 15 is 0 Å². The van der Waals surface area contributed by atoms with E-state index in [-0.39, 0.29) is 5.91 Å². The first-order valence-corrected chi connectivity index (χ1v) is 11.9. The standard InChI is InChI=1S/C25H35N5O2/c1-19-7-6-8-20(17-19)23-27-18-22(24(28-23)29(2)21-9-4-3-5-10-21)25(31)26-11-12-30-13-15-32-16-14-30/h6-8,17-18,21H,3-5,9-16H2,1-2H3,(H,26,31). The van der Waals surface area contributed by atoms with Crippen molar-refractivity contribution in [2.45, 2.75) is 45.1 Å². The lowest BCUT2D eigenvalue weighted by atomic mass is 9.94. The highest BCUT2D eigenvalue weighted by Crippen LogP contribution is 2.29. The fraction of sp³-hybridized carbons (Fsp3) is 0.560. The number of ether oxygens (including phenoxy) is 1. The number of aryl methyl sites for hydroxylation is 1. The van der Waals surface area contributed by atoms with Crippen molar-refractivity contribution in [2.24, 2.45) is 0 Å². The van der Waals surface area contributed by atoms with Crippen molar-refractivity contribution >= 4 is 11.7 Å². The smallest absolute Gasteiger partial charge is 0.256 e. The lowest BCUT2D eigenvalue weighted by Crippen LogP contribution is -2.42. The molecule has 1 aliphatic carbocycles. The number of hydrogen-bond donors (Lipinski definition) is 1. The third-order valence-corrected chi connectivity index (χ3v) is 6.56. The van der Waals surface area contributed by atoms with Crippen LogP contribution < -0.4 is 10.2 Å². The minimum atomic E-state index is -0.105. The van der Waals surface area contributed by atoms with Gasteiger partial charge in [0.25, 0.3) is 5.91 Å². The Morgan fingerprint density at radius 2 is 2.00 bits per heavy atom. The van der Waals surface area contributed by atoms with Gasteiger partial charge < -0.3 is 15.0 Å². The summed E-state index contributed by atoms with van der Waals surface area (Å²) in [6.45, 7) is 6.85. The Hall–Kier alpha value is -2.51. The number of rotatable bonds is 7. The third kappa shape index (κ3) is 5.64. The first kappa shape index (κ1) is 22.7. The molecule has 4 rings (SSSR count). The maximum Gasteiger partial charge on any atom is 0.256 e. The monoisotopic (exact) mass is 437 g/mol. The first-order valence-electron chi connectivity index (χ1n) is 11.9. The number of aromatic nitrogens is 2. The summed E-state index contributed by atoms with van der Waals surface area (Å²) in [6, 6.07) is 8.60. The molecule has 1 saturated heterocycles. The van der Waals surface area contributed by atoms with Gasteiger partial charge in [-0.05, 0) is 25.8 Å². The number of hydrogen-bond acceptors (Lipinski definition) is 6. The first-order chi connectivity index (χ1) is 15.6. The van der Waals surface area contributed by atoms with Crippen molar-refractivity contribution in [1.82, 2.24) is 20.2 Å². The molecule has 2 aromatic rings. The molecular formula is C25H35N5O2. The second kappa shape index (κ2) is 10.9. The fourth-order valence-electron chi connectivity index (χ4n) is 4.61. The third-order valence-electron chi connectivity index (χ3n) is 6.56. The zero-order valence-electron chi connectivity index (χ0n) is 19.3. The molecule has 1 amide bonds. The van der Waals surface area contributed by atoms with Crippen molar-refractivity contribution in [3.8, 4) is 11.4 Å². The van der Waals surface area contributed by atoms with E-state index in [4.69, 9.17) is 9.72 Å². The molecule has 2 aliphatic rings. The van der Waals surface area contributed by atoms with Crippen molar-refractivity contribution in [3.63, 3.8) is 0 Å². The molecule has 1 aromatic heterocycles. The van der Waals surface area contributed by atoms with Crippen LogP contribution in [-0.4, -0.2) is 73.3 Å². The summed E-state index contributed by atoms with van der Waals surface area (Å²) in [5.74, 6) is 1.29. The van der Waals surface area contributed by atoms with Gasteiger partial charge in [0.15, 0.2) is 5.82 Å². The van der Waals surface area contributed by atoms with Gasteiger partial charge in [-0.2, -0.15) is 0 Å². The Kier molecular flexibility index (Phi) is 7.71. The second-order valence-corrected chi connectivity index (χ2v) is 8.91. The van der Waals surface area contributed by atoms with E-state index in [0.29, 0.717) is 24.0 Å². The van der Waals surface area contributed by atoms with Crippen LogP contribution in [0.25, 0.3) is 11.4 Å². The number of anilines is 1. The average molecular weight is 438 g/mol. The molecule has 2 heterocycles. The van der Waals surface area contributed by atoms with Gasteiger partial charge in [-0.25, -0.2) is 9.97 Å². The molecule has 32 heavy (non-hydrogen) atoms. The Morgan fingerprint density at radius 1 is 1.22 bits per heavy atom. The molecule has 0 unspecified atom stereocenters. The largest absolute Gasteiger partial charge is 0.379 e. The predicted octanol–water partition coefficient (Wildman–Crippen LogP) is 3.28. The second-order valence-electron chi connectivity index (χ2n) is 8.91. The van der Waals surface area contributed by atoms with Crippen LogP contribution >= 0.6 is 0 Å². The number of benzene rings is 1. The number of carbonyl (C=O) groups excluding carboxylic acids is 1. The molecule has 7 nitrogen and oxygen atoms in total. The van der Waals surface area contributed by atoms with E-state index in [0.717, 1.165) is 57.1 Å². The van der Waals surface area contributed by atoms with E-state index in [9.17, 15) is 4.79 Å². The molecule has 2 fully saturated rings. The summed E-state index contributed by atoms with van der Waals surface area (Å²) in [7, 11) is 2.07. The van der Waals surface area contributed by atoms with Crippen LogP contribution in [0, 0.1) is 6.92 Å². The maximum atomic E-state index is 13.1. The van der Waals surface area contributed by atoms with Crippen LogP contribution in [0.3, 0.4) is 0 Å². The molecule has 1 saturated carbocycles. The fourth-order valence-corrected chi connectivity index (χ4v) is 4.61. The quantitative estimate of drug-likeness (QED) is 0.717. The lowest BCUT2D eigenvalue weighted by molar-refractivity contribution is 0.0383. The maximum absolute atomic E-state index is 13.1. The van der Waals surface area contributed by atoms with E-state index in [1.54, 1.807) is 6.20 Å². The SMILES string of the molecule is Cc1cccc(-c2ncc(C(=O)NCCN3CCOCC3)c(N(C)C3CCCCC3)n2)c1. The van der Waals surface area contributed by atoms with Gasteiger partial charge in [-0.1, -0.05) is 43.0 Å². The molecule has 7 heteroatoms. The summed E-state index contributed by atoms with van der Waals surface area (Å²) in [5.41, 5.74) is 2.69. The minimum absolute atomic E-state index is 0.105. The van der Waals surface area contributed by atoms with Crippen molar-refractivity contribution < 1.29 is 9.53 Å². The Balaban J connectivity index is 1.54. The zero-order chi connectivity index (χ0) is 22.3. The van der Waals surface area contributed by atoms with Gasteiger partial charge in [-0.3, -0.25) is 9.69 Å². The number of amides is 1. The normalized spacial score (nSPS) is 17.8. The predicted molar refractivity (Wildman–Crippen MR) is 127 cm³/mol. The minimum Gasteiger partial charge on any atom is -0.379 e. The van der Waals surface area contributed by atoms with Crippen LogP contribution in [0.4, 0.5) is 5.82 Å². The summed E-state index contributed by atoms with van der Waals surface area (Å²) in [4.78, 5) is 27.1. The summed E-state index contributed by atoms with van der Waals surface area (Å²) in [5, 5.41) is 3.08. The number of nitrogens with one attached hydrogen (secondary N) is 1. The van der Waals surface area contributed by atoms with Gasteiger partial charge in [-0.15, -0.1) is 0 Å². The van der Waals surface area contributed by atoms with Crippen LogP contribution in [0.5, 0.6) is 0 Å². The van der Waals surface area contributed by atoms with Crippen molar-refractivity contribution in [3.05, 3.63) is 41.6 Å². The highest BCUT2D eigenvalue weighted by Gasteiger charge is 2.25. The Bertz CT molecular complexity index is 907.